The highest BCUT2D eigenvalue weighted by atomic mass is 16.6. The summed E-state index contributed by atoms with van der Waals surface area (Å²) in [5, 5.41) is 14.6. The molecule has 0 radical (unpaired) electrons. The summed E-state index contributed by atoms with van der Waals surface area (Å²) in [6, 6.07) is 13.1. The van der Waals surface area contributed by atoms with Gasteiger partial charge in [-0.05, 0) is 17.7 Å². The number of hydrogen-bond donors (Lipinski definition) is 1. The average molecular weight is 336 g/mol. The second kappa shape index (κ2) is 7.35. The summed E-state index contributed by atoms with van der Waals surface area (Å²) in [5.41, 5.74) is 1.52. The van der Waals surface area contributed by atoms with Crippen LogP contribution in [-0.4, -0.2) is 26.9 Å². The fraction of sp³-hybridized carbons (Fsp3) is 0.118. The summed E-state index contributed by atoms with van der Waals surface area (Å²) in [4.78, 5) is 25.0. The Kier molecular flexibility index (Phi) is 4.79. The predicted molar refractivity (Wildman–Crippen MR) is 94.8 cm³/mol. The van der Waals surface area contributed by atoms with Gasteiger partial charge in [-0.25, -0.2) is 9.97 Å². The van der Waals surface area contributed by atoms with Gasteiger partial charge in [-0.1, -0.05) is 30.3 Å². The number of benzene rings is 1. The molecule has 0 amide bonds. The van der Waals surface area contributed by atoms with Gasteiger partial charge in [0.25, 0.3) is 0 Å². The van der Waals surface area contributed by atoms with Gasteiger partial charge in [0.2, 0.25) is 11.6 Å². The quantitative estimate of drug-likeness (QED) is 0.545. The molecule has 0 aliphatic heterocycles. The first-order valence-electron chi connectivity index (χ1n) is 7.56. The average Bonchev–Trinajstić information content (AvgIpc) is 2.63. The minimum Gasteiger partial charge on any atom is -0.349 e. The molecule has 8 heteroatoms. The van der Waals surface area contributed by atoms with Crippen LogP contribution < -0.4 is 10.2 Å². The first kappa shape index (κ1) is 16.3. The van der Waals surface area contributed by atoms with Crippen LogP contribution in [0.15, 0.2) is 61.2 Å². The van der Waals surface area contributed by atoms with Gasteiger partial charge in [-0.15, -0.1) is 0 Å². The summed E-state index contributed by atoms with van der Waals surface area (Å²) in [6.07, 6.45) is 4.50. The lowest BCUT2D eigenvalue weighted by atomic mass is 10.2. The second-order valence-corrected chi connectivity index (χ2v) is 5.35. The first-order valence-corrected chi connectivity index (χ1v) is 7.56. The summed E-state index contributed by atoms with van der Waals surface area (Å²) in [6.45, 7) is 0.493. The normalized spacial score (nSPS) is 10.3. The third-order valence-electron chi connectivity index (χ3n) is 3.55. The summed E-state index contributed by atoms with van der Waals surface area (Å²) in [7, 11) is 1.76. The lowest BCUT2D eigenvalue weighted by Crippen LogP contribution is -2.20. The molecule has 0 aliphatic rings. The molecule has 2 heterocycles. The molecule has 0 atom stereocenters. The number of nitrogens with one attached hydrogen (secondary N) is 1. The van der Waals surface area contributed by atoms with Gasteiger partial charge in [-0.3, -0.25) is 15.1 Å². The largest absolute Gasteiger partial charge is 0.353 e. The summed E-state index contributed by atoms with van der Waals surface area (Å²) in [5.74, 6) is 0.390. The maximum atomic E-state index is 11.6. The third-order valence-corrected chi connectivity index (χ3v) is 3.55. The van der Waals surface area contributed by atoms with Crippen molar-refractivity contribution in [2.24, 2.45) is 0 Å². The van der Waals surface area contributed by atoms with Crippen LogP contribution in [0.1, 0.15) is 5.56 Å². The fourth-order valence-electron chi connectivity index (χ4n) is 2.41. The molecule has 25 heavy (non-hydrogen) atoms. The van der Waals surface area contributed by atoms with Crippen molar-refractivity contribution in [3.05, 3.63) is 76.9 Å². The van der Waals surface area contributed by atoms with E-state index in [2.05, 4.69) is 20.3 Å². The maximum absolute atomic E-state index is 11.6. The van der Waals surface area contributed by atoms with Crippen LogP contribution in [0.3, 0.4) is 0 Å². The molecule has 0 fully saturated rings. The lowest BCUT2D eigenvalue weighted by molar-refractivity contribution is -0.383. The topological polar surface area (TPSA) is 97.1 Å². The SMILES string of the molecule is CN(Cc1ccccc1)c1ncnc(Nc2ccncc2)c1[N+](=O)[O-]. The lowest BCUT2D eigenvalue weighted by Gasteiger charge is -2.19. The number of nitrogens with zero attached hydrogens (tertiary/aromatic N) is 5. The van der Waals surface area contributed by atoms with Crippen LogP contribution in [0.5, 0.6) is 0 Å². The van der Waals surface area contributed by atoms with E-state index in [4.69, 9.17) is 0 Å². The number of nitro groups is 1. The Bertz CT molecular complexity index is 858. The smallest absolute Gasteiger partial charge is 0.349 e. The number of pyridine rings is 1. The maximum Gasteiger partial charge on any atom is 0.353 e. The van der Waals surface area contributed by atoms with Crippen molar-refractivity contribution in [2.45, 2.75) is 6.54 Å². The van der Waals surface area contributed by atoms with Gasteiger partial charge in [0, 0.05) is 31.7 Å². The zero-order valence-corrected chi connectivity index (χ0v) is 13.5. The molecule has 0 saturated carbocycles. The molecule has 0 bridgehead atoms. The molecule has 1 N–H and O–H groups in total. The molecule has 2 aromatic heterocycles. The molecule has 0 spiro atoms. The summed E-state index contributed by atoms with van der Waals surface area (Å²) >= 11 is 0. The molecule has 0 aliphatic carbocycles. The predicted octanol–water partition coefficient (Wildman–Crippen LogP) is 3.16. The molecule has 1 aromatic carbocycles. The molecule has 0 unspecified atom stereocenters. The van der Waals surface area contributed by atoms with Crippen molar-refractivity contribution in [3.63, 3.8) is 0 Å². The molecular formula is C17H16N6O2. The van der Waals surface area contributed by atoms with Gasteiger partial charge >= 0.3 is 5.69 Å². The van der Waals surface area contributed by atoms with Gasteiger partial charge < -0.3 is 10.2 Å². The van der Waals surface area contributed by atoms with Gasteiger partial charge in [0.1, 0.15) is 6.33 Å². The molecule has 3 aromatic rings. The zero-order valence-electron chi connectivity index (χ0n) is 13.5. The number of anilines is 3. The van der Waals surface area contributed by atoms with Crippen LogP contribution in [0.2, 0.25) is 0 Å². The van der Waals surface area contributed by atoms with Crippen LogP contribution in [0, 0.1) is 10.1 Å². The van der Waals surface area contributed by atoms with E-state index < -0.39 is 4.92 Å². The van der Waals surface area contributed by atoms with Crippen LogP contribution in [-0.2, 0) is 6.54 Å². The number of aromatic nitrogens is 3. The Morgan fingerprint density at radius 3 is 2.52 bits per heavy atom. The second-order valence-electron chi connectivity index (χ2n) is 5.35. The highest BCUT2D eigenvalue weighted by molar-refractivity contribution is 5.74. The van der Waals surface area contributed by atoms with E-state index in [1.165, 1.54) is 6.33 Å². The Labute approximate surface area is 144 Å². The Morgan fingerprint density at radius 2 is 1.84 bits per heavy atom. The molecule has 8 nitrogen and oxygen atoms in total. The van der Waals surface area contributed by atoms with Gasteiger partial charge in [0.05, 0.1) is 4.92 Å². The van der Waals surface area contributed by atoms with Crippen molar-refractivity contribution >= 4 is 23.0 Å². The summed E-state index contributed by atoms with van der Waals surface area (Å²) < 4.78 is 0. The zero-order chi connectivity index (χ0) is 17.6. The van der Waals surface area contributed by atoms with E-state index in [0.717, 1.165) is 5.56 Å². The van der Waals surface area contributed by atoms with E-state index in [9.17, 15) is 10.1 Å². The Morgan fingerprint density at radius 1 is 1.12 bits per heavy atom. The van der Waals surface area contributed by atoms with Gasteiger partial charge in [0.15, 0.2) is 0 Å². The Hall–Kier alpha value is -3.55. The first-order chi connectivity index (χ1) is 12.1. The minimum absolute atomic E-state index is 0.140. The van der Waals surface area contributed by atoms with Crippen molar-refractivity contribution in [1.29, 1.82) is 0 Å². The van der Waals surface area contributed by atoms with Crippen LogP contribution >= 0.6 is 0 Å². The van der Waals surface area contributed by atoms with Crippen molar-refractivity contribution < 1.29 is 4.92 Å². The van der Waals surface area contributed by atoms with E-state index >= 15 is 0 Å². The van der Waals surface area contributed by atoms with Crippen molar-refractivity contribution in [1.82, 2.24) is 15.0 Å². The van der Waals surface area contributed by atoms with Crippen molar-refractivity contribution in [2.75, 3.05) is 17.3 Å². The molecular weight excluding hydrogens is 320 g/mol. The molecule has 3 rings (SSSR count). The highest BCUT2D eigenvalue weighted by Gasteiger charge is 2.25. The van der Waals surface area contributed by atoms with Crippen LogP contribution in [0.4, 0.5) is 23.0 Å². The fourth-order valence-corrected chi connectivity index (χ4v) is 2.41. The monoisotopic (exact) mass is 336 g/mol. The van der Waals surface area contributed by atoms with E-state index in [0.29, 0.717) is 12.2 Å². The standard InChI is InChI=1S/C17H16N6O2/c1-22(11-13-5-3-2-4-6-13)17-15(23(24)25)16(19-12-20-17)21-14-7-9-18-10-8-14/h2-10,12H,11H2,1H3,(H,18,19,20,21). The Balaban J connectivity index is 1.93. The number of rotatable bonds is 6. The van der Waals surface area contributed by atoms with Crippen LogP contribution in [0.25, 0.3) is 0 Å². The highest BCUT2D eigenvalue weighted by Crippen LogP contribution is 2.33. The minimum atomic E-state index is -0.472. The van der Waals surface area contributed by atoms with Crippen molar-refractivity contribution in [3.8, 4) is 0 Å². The van der Waals surface area contributed by atoms with Gasteiger partial charge in [-0.2, -0.15) is 0 Å². The van der Waals surface area contributed by atoms with E-state index in [1.807, 2.05) is 30.3 Å². The third kappa shape index (κ3) is 3.86. The number of hydrogen-bond acceptors (Lipinski definition) is 7. The molecule has 126 valence electrons. The van der Waals surface area contributed by atoms with E-state index in [1.54, 1.807) is 36.5 Å². The van der Waals surface area contributed by atoms with E-state index in [-0.39, 0.29) is 17.3 Å². The molecule has 0 saturated heterocycles.